The Morgan fingerprint density at radius 1 is 0.833 bits per heavy atom. The topological polar surface area (TPSA) is 189 Å². The molecular weight excluding hydrogens is 759 g/mol. The van der Waals surface area contributed by atoms with Gasteiger partial charge in [0.2, 0.25) is 5.91 Å². The van der Waals surface area contributed by atoms with E-state index >= 15 is 0 Å². The fourth-order valence-electron chi connectivity index (χ4n) is 8.84. The average molecular weight is 818 g/mol. The summed E-state index contributed by atoms with van der Waals surface area (Å²) in [6.45, 7) is 12.1. The molecule has 4 amide bonds. The quantitative estimate of drug-likeness (QED) is 0.151. The molecule has 14 heteroatoms. The lowest BCUT2D eigenvalue weighted by Crippen LogP contribution is -2.49. The third-order valence-corrected chi connectivity index (χ3v) is 12.1. The number of phenols is 1. The Kier molecular flexibility index (Phi) is 13.3. The number of aromatic nitrogens is 1. The molecule has 0 spiro atoms. The number of rotatable bonds is 8. The number of carbonyl (C=O) groups is 3. The van der Waals surface area contributed by atoms with Crippen LogP contribution in [0.3, 0.4) is 0 Å². The van der Waals surface area contributed by atoms with E-state index in [9.17, 15) is 19.5 Å². The second-order valence-corrected chi connectivity index (χ2v) is 16.4. The van der Waals surface area contributed by atoms with Crippen LogP contribution >= 0.6 is 0 Å². The van der Waals surface area contributed by atoms with Crippen molar-refractivity contribution in [3.8, 4) is 5.75 Å². The molecule has 0 bridgehead atoms. The molecule has 4 saturated heterocycles. The number of nitrogens with one attached hydrogen (secondary N) is 1. The predicted octanol–water partition coefficient (Wildman–Crippen LogP) is 5.00. The minimum absolute atomic E-state index is 0.123. The molecule has 4 fully saturated rings. The average Bonchev–Trinajstić information content (AvgIpc) is 3.67. The first-order valence-corrected chi connectivity index (χ1v) is 21.1. The Labute approximate surface area is 352 Å². The van der Waals surface area contributed by atoms with Gasteiger partial charge in [0.05, 0.1) is 30.1 Å². The molecular formula is C46H59N9O5. The molecule has 0 saturated carbocycles. The van der Waals surface area contributed by atoms with E-state index in [-0.39, 0.29) is 29.4 Å². The third kappa shape index (κ3) is 9.88. The zero-order valence-corrected chi connectivity index (χ0v) is 34.8. The number of allylic oxidation sites excluding steroid dienone is 1. The minimum atomic E-state index is -0.338. The van der Waals surface area contributed by atoms with Crippen LogP contribution in [0.1, 0.15) is 65.2 Å². The number of amides is 4. The number of para-hydroxylation sites is 1. The van der Waals surface area contributed by atoms with Crippen LogP contribution in [0.4, 0.5) is 10.5 Å². The fraction of sp³-hybridized carbons (Fsp3) is 0.413. The summed E-state index contributed by atoms with van der Waals surface area (Å²) in [5.74, 6) is 0.909. The van der Waals surface area contributed by atoms with Gasteiger partial charge in [-0.15, -0.1) is 0 Å². The molecule has 4 aromatic rings. The Morgan fingerprint density at radius 2 is 1.57 bits per heavy atom. The monoisotopic (exact) mass is 817 g/mol. The molecule has 8 rings (SSSR count). The van der Waals surface area contributed by atoms with Crippen LogP contribution in [0.5, 0.6) is 5.75 Å². The predicted molar refractivity (Wildman–Crippen MR) is 235 cm³/mol. The summed E-state index contributed by atoms with van der Waals surface area (Å²) < 4.78 is 7.69. The van der Waals surface area contributed by atoms with Crippen molar-refractivity contribution in [2.75, 3.05) is 70.5 Å². The van der Waals surface area contributed by atoms with Gasteiger partial charge < -0.3 is 46.3 Å². The highest BCUT2D eigenvalue weighted by molar-refractivity contribution is 6.10. The van der Waals surface area contributed by atoms with E-state index in [4.69, 9.17) is 21.9 Å². The Hall–Kier alpha value is -5.99. The number of hydrogen-bond acceptors (Lipinski definition) is 10. The van der Waals surface area contributed by atoms with Crippen LogP contribution in [-0.2, 0) is 9.53 Å². The second-order valence-electron chi connectivity index (χ2n) is 16.4. The molecule has 318 valence electrons. The number of carbonyl (C=O) groups excluding carboxylic acids is 3. The van der Waals surface area contributed by atoms with Gasteiger partial charge in [0.1, 0.15) is 11.6 Å². The molecule has 5 heterocycles. The number of nitrogens with zero attached hydrogens (tertiary/aromatic N) is 5. The molecule has 4 aliphatic heterocycles. The third-order valence-electron chi connectivity index (χ3n) is 12.1. The van der Waals surface area contributed by atoms with Gasteiger partial charge >= 0.3 is 6.03 Å². The number of fused-ring (bicyclic) bond motifs is 1. The number of likely N-dealkylation sites (tertiary alicyclic amines) is 2. The summed E-state index contributed by atoms with van der Waals surface area (Å²) in [4.78, 5) is 45.5. The van der Waals surface area contributed by atoms with E-state index < -0.39 is 0 Å². The lowest BCUT2D eigenvalue weighted by molar-refractivity contribution is -0.120. The van der Waals surface area contributed by atoms with Crippen molar-refractivity contribution in [2.45, 2.75) is 52.0 Å². The van der Waals surface area contributed by atoms with Gasteiger partial charge in [-0.3, -0.25) is 19.8 Å². The van der Waals surface area contributed by atoms with Crippen LogP contribution < -0.4 is 27.4 Å². The van der Waals surface area contributed by atoms with Gasteiger partial charge in [0.25, 0.3) is 5.91 Å². The standard InChI is InChI=1S/C32H39N5O3.C14H20N4O2/c1-22-4-3-5-25(18-22)31(39)35-14-6-24(7-15-35)21-34-12-8-26(9-13-34)36-16-10-27-28(36)19-23(2)20-29(27)37-17-11-30(38)33-32(37)40;15-11(10-3-1-2-4-13(10)19)9-12(14(16)17)18-5-7-20-8-6-18/h3-5,10,16,18-20,24,26H,6-9,11-15,17,21H2,1-2H3,(H,33,38,40);1-4,9,19H,5-8,15-17H2/b;11-9-. The fourth-order valence-corrected chi connectivity index (χ4v) is 8.84. The summed E-state index contributed by atoms with van der Waals surface area (Å²) in [5, 5.41) is 13.3. The summed E-state index contributed by atoms with van der Waals surface area (Å²) in [5.41, 5.74) is 24.2. The van der Waals surface area contributed by atoms with Gasteiger partial charge in [0, 0.05) is 93.2 Å². The molecule has 0 unspecified atom stereocenters. The maximum atomic E-state index is 12.9. The number of nitrogens with two attached hydrogens (primary N) is 3. The second kappa shape index (κ2) is 18.9. The zero-order chi connectivity index (χ0) is 42.3. The van der Waals surface area contributed by atoms with Gasteiger partial charge in [-0.05, 0) is 99.6 Å². The number of anilines is 1. The molecule has 8 N–H and O–H groups in total. The number of imide groups is 1. The molecule has 3 aromatic carbocycles. The highest BCUT2D eigenvalue weighted by atomic mass is 16.5. The molecule has 0 aliphatic carbocycles. The number of benzene rings is 3. The van der Waals surface area contributed by atoms with Gasteiger partial charge in [-0.25, -0.2) is 4.79 Å². The highest BCUT2D eigenvalue weighted by Crippen LogP contribution is 2.35. The largest absolute Gasteiger partial charge is 0.507 e. The molecule has 0 radical (unpaired) electrons. The van der Waals surface area contributed by atoms with Crippen molar-refractivity contribution in [3.63, 3.8) is 0 Å². The van der Waals surface area contributed by atoms with Gasteiger partial charge in [-0.1, -0.05) is 29.8 Å². The SMILES string of the molecule is Cc1cccc(C(=O)N2CCC(CN3CCC(n4ccc5c(N6CCC(=O)NC6=O)cc(C)cc54)CC3)CC2)c1.NC(N)=C(/C=C(\N)c1ccccc1O)N1CCOCC1. The number of aryl methyl sites for hydroxylation is 2. The lowest BCUT2D eigenvalue weighted by atomic mass is 9.94. The first kappa shape index (κ1) is 42.1. The molecule has 0 atom stereocenters. The number of ether oxygens (including phenoxy) is 1. The normalized spacial score (nSPS) is 18.6. The summed E-state index contributed by atoms with van der Waals surface area (Å²) >= 11 is 0. The number of urea groups is 1. The van der Waals surface area contributed by atoms with Crippen molar-refractivity contribution < 1.29 is 24.2 Å². The zero-order valence-electron chi connectivity index (χ0n) is 34.8. The van der Waals surface area contributed by atoms with Crippen LogP contribution in [0.2, 0.25) is 0 Å². The van der Waals surface area contributed by atoms with Crippen LogP contribution in [0.25, 0.3) is 16.6 Å². The van der Waals surface area contributed by atoms with Crippen LogP contribution in [0, 0.1) is 19.8 Å². The number of piperidine rings is 2. The Morgan fingerprint density at radius 3 is 2.25 bits per heavy atom. The van der Waals surface area contributed by atoms with Crippen LogP contribution in [-0.4, -0.2) is 108 Å². The Balaban J connectivity index is 0.000000229. The molecule has 1 aromatic heterocycles. The van der Waals surface area contributed by atoms with Gasteiger partial charge in [-0.2, -0.15) is 0 Å². The summed E-state index contributed by atoms with van der Waals surface area (Å²) in [6, 6.07) is 21.2. The number of aromatic hydroxyl groups is 1. The summed E-state index contributed by atoms with van der Waals surface area (Å²) in [7, 11) is 0. The van der Waals surface area contributed by atoms with Crippen molar-refractivity contribution in [1.82, 2.24) is 24.6 Å². The van der Waals surface area contributed by atoms with Crippen LogP contribution in [0.15, 0.2) is 90.5 Å². The summed E-state index contributed by atoms with van der Waals surface area (Å²) in [6.07, 6.45) is 8.50. The first-order valence-electron chi connectivity index (χ1n) is 21.1. The smallest absolute Gasteiger partial charge is 0.328 e. The number of phenolic OH excluding ortho intramolecular Hbond substituents is 1. The Bertz CT molecular complexity index is 2240. The van der Waals surface area contributed by atoms with Crippen molar-refractivity contribution >= 4 is 40.1 Å². The van der Waals surface area contributed by atoms with Crippen molar-refractivity contribution in [3.05, 3.63) is 113 Å². The van der Waals surface area contributed by atoms with E-state index in [1.807, 2.05) is 47.1 Å². The van der Waals surface area contributed by atoms with E-state index in [1.54, 1.807) is 35.2 Å². The minimum Gasteiger partial charge on any atom is -0.507 e. The lowest BCUT2D eigenvalue weighted by Gasteiger charge is -2.38. The molecule has 60 heavy (non-hydrogen) atoms. The van der Waals surface area contributed by atoms with Gasteiger partial charge in [0.15, 0.2) is 0 Å². The van der Waals surface area contributed by atoms with E-state index in [1.165, 1.54) is 0 Å². The van der Waals surface area contributed by atoms with E-state index in [0.29, 0.717) is 68.2 Å². The first-order chi connectivity index (χ1) is 28.9. The maximum Gasteiger partial charge on any atom is 0.328 e. The maximum absolute atomic E-state index is 12.9. The molecule has 14 nitrogen and oxygen atoms in total. The number of hydrogen-bond donors (Lipinski definition) is 5. The van der Waals surface area contributed by atoms with E-state index in [2.05, 4.69) is 40.0 Å². The molecule has 4 aliphatic rings. The number of morpholine rings is 1. The van der Waals surface area contributed by atoms with Crippen molar-refractivity contribution in [2.24, 2.45) is 23.1 Å². The van der Waals surface area contributed by atoms with E-state index in [0.717, 1.165) is 91.7 Å². The van der Waals surface area contributed by atoms with Crippen molar-refractivity contribution in [1.29, 1.82) is 0 Å². The highest BCUT2D eigenvalue weighted by Gasteiger charge is 2.30.